The van der Waals surface area contributed by atoms with Crippen molar-refractivity contribution >= 4 is 25.0 Å². The van der Waals surface area contributed by atoms with Gasteiger partial charge in [-0.25, -0.2) is 4.79 Å². The summed E-state index contributed by atoms with van der Waals surface area (Å²) >= 11 is 0. The minimum Gasteiger partial charge on any atom is -0.461 e. The van der Waals surface area contributed by atoms with Gasteiger partial charge in [-0.3, -0.25) is 9.59 Å². The van der Waals surface area contributed by atoms with Crippen molar-refractivity contribution in [1.82, 2.24) is 4.90 Å². The number of carbonyl (C=O) groups is 3. The van der Waals surface area contributed by atoms with Gasteiger partial charge in [0.25, 0.3) is 0 Å². The van der Waals surface area contributed by atoms with Crippen molar-refractivity contribution < 1.29 is 38.3 Å². The molecule has 0 bridgehead atoms. The second-order valence-corrected chi connectivity index (χ2v) is 8.24. The molecule has 9 nitrogen and oxygen atoms in total. The molecule has 3 heterocycles. The second-order valence-electron chi connectivity index (χ2n) is 8.24. The summed E-state index contributed by atoms with van der Waals surface area (Å²) in [5.74, 6) is -2.30. The molecule has 1 aliphatic carbocycles. The number of aliphatic hydroxyl groups is 1. The number of hydrogen-bond donors (Lipinski definition) is 2. The lowest BCUT2D eigenvalue weighted by atomic mass is 9.54. The third-order valence-electron chi connectivity index (χ3n) is 6.36. The van der Waals surface area contributed by atoms with E-state index in [1.54, 1.807) is 12.1 Å². The van der Waals surface area contributed by atoms with E-state index in [2.05, 4.69) is 4.74 Å². The van der Waals surface area contributed by atoms with E-state index < -0.39 is 48.9 Å². The molecule has 0 unspecified atom stereocenters. The highest BCUT2D eigenvalue weighted by Crippen LogP contribution is 2.52. The molecule has 1 aromatic rings. The first-order chi connectivity index (χ1) is 14.3. The van der Waals surface area contributed by atoms with Gasteiger partial charge in [0, 0.05) is 0 Å². The first-order valence-electron chi connectivity index (χ1n) is 10.00. The van der Waals surface area contributed by atoms with Crippen LogP contribution in [0.3, 0.4) is 0 Å². The van der Waals surface area contributed by atoms with Crippen LogP contribution in [-0.2, 0) is 25.6 Å². The largest absolute Gasteiger partial charge is 0.487 e. The maximum absolute atomic E-state index is 13.1. The Morgan fingerprint density at radius 1 is 1.30 bits per heavy atom. The number of ether oxygens (including phenoxy) is 1. The van der Waals surface area contributed by atoms with Crippen LogP contribution >= 0.6 is 0 Å². The average Bonchev–Trinajstić information content (AvgIpc) is 3.30. The number of hydrogen-bond acceptors (Lipinski definition) is 8. The molecule has 0 saturated carbocycles. The molecular weight excluding hydrogens is 393 g/mol. The molecule has 2 N–H and O–H groups in total. The molecule has 0 aromatic carbocycles. The fourth-order valence-corrected chi connectivity index (χ4v) is 5.01. The summed E-state index contributed by atoms with van der Waals surface area (Å²) in [4.78, 5) is 38.7. The Bertz CT molecular complexity index is 922. The van der Waals surface area contributed by atoms with Gasteiger partial charge in [-0.2, -0.15) is 4.90 Å². The van der Waals surface area contributed by atoms with Crippen molar-refractivity contribution in [3.05, 3.63) is 34.7 Å². The van der Waals surface area contributed by atoms with Crippen LogP contribution in [0.2, 0.25) is 0 Å². The van der Waals surface area contributed by atoms with Crippen molar-refractivity contribution in [2.75, 3.05) is 7.11 Å². The maximum Gasteiger partial charge on any atom is 0.487 e. The average molecular weight is 417 g/mol. The number of furan rings is 1. The molecule has 3 amide bonds. The standard InChI is InChI=1S/C20H24BNO8/c1-9(2)11-6-13-16(19(25)22(18(13)24)20(26)28-3)12-7-15(30-21(27)17(11)12)14-5-4-10(8-23)29-14/h4-5,9,12-13,15-16,23,27H,6-8H2,1-3H3/t12-,13-,15-,16+/m0/s1. The summed E-state index contributed by atoms with van der Waals surface area (Å²) in [7, 11) is -0.136. The number of aliphatic hydroxyl groups excluding tert-OH is 1. The normalized spacial score (nSPS) is 28.9. The van der Waals surface area contributed by atoms with Gasteiger partial charge in [0.2, 0.25) is 11.8 Å². The predicted molar refractivity (Wildman–Crippen MR) is 102 cm³/mol. The van der Waals surface area contributed by atoms with Crippen molar-refractivity contribution in [3.63, 3.8) is 0 Å². The smallest absolute Gasteiger partial charge is 0.461 e. The van der Waals surface area contributed by atoms with Gasteiger partial charge < -0.3 is 23.9 Å². The molecule has 2 fully saturated rings. The van der Waals surface area contributed by atoms with E-state index in [9.17, 15) is 24.5 Å². The summed E-state index contributed by atoms with van der Waals surface area (Å²) < 4.78 is 16.0. The van der Waals surface area contributed by atoms with Gasteiger partial charge in [0.15, 0.2) is 0 Å². The lowest BCUT2D eigenvalue weighted by Crippen LogP contribution is -2.45. The van der Waals surface area contributed by atoms with E-state index in [1.807, 2.05) is 13.8 Å². The van der Waals surface area contributed by atoms with Crippen molar-refractivity contribution in [1.29, 1.82) is 0 Å². The number of methoxy groups -OCH3 is 1. The summed E-state index contributed by atoms with van der Waals surface area (Å²) in [5, 5.41) is 20.1. The minimum atomic E-state index is -1.26. The zero-order valence-corrected chi connectivity index (χ0v) is 17.0. The van der Waals surface area contributed by atoms with Gasteiger partial charge >= 0.3 is 13.2 Å². The van der Waals surface area contributed by atoms with Crippen LogP contribution in [0, 0.1) is 23.7 Å². The summed E-state index contributed by atoms with van der Waals surface area (Å²) in [6, 6.07) is 3.27. The van der Waals surface area contributed by atoms with Crippen LogP contribution in [0.15, 0.2) is 27.6 Å². The molecule has 30 heavy (non-hydrogen) atoms. The van der Waals surface area contributed by atoms with Gasteiger partial charge in [-0.1, -0.05) is 19.4 Å². The quantitative estimate of drug-likeness (QED) is 0.561. The van der Waals surface area contributed by atoms with Gasteiger partial charge in [0.05, 0.1) is 18.9 Å². The fraction of sp³-hybridized carbons (Fsp3) is 0.550. The molecule has 3 aliphatic rings. The second kappa shape index (κ2) is 7.68. The van der Waals surface area contributed by atoms with Crippen LogP contribution in [0.5, 0.6) is 0 Å². The van der Waals surface area contributed by atoms with Crippen molar-refractivity contribution in [2.45, 2.75) is 39.4 Å². The lowest BCUT2D eigenvalue weighted by Gasteiger charge is -2.42. The first kappa shape index (κ1) is 20.8. The number of imide groups is 3. The Labute approximate surface area is 173 Å². The third kappa shape index (κ3) is 3.10. The van der Waals surface area contributed by atoms with Crippen LogP contribution in [0.4, 0.5) is 4.79 Å². The number of carbonyl (C=O) groups excluding carboxylic acids is 3. The van der Waals surface area contributed by atoms with Gasteiger partial charge in [0.1, 0.15) is 24.2 Å². The van der Waals surface area contributed by atoms with E-state index >= 15 is 0 Å². The molecule has 2 saturated heterocycles. The van der Waals surface area contributed by atoms with E-state index in [1.165, 1.54) is 0 Å². The molecule has 4 atom stereocenters. The highest BCUT2D eigenvalue weighted by atomic mass is 16.5. The zero-order chi connectivity index (χ0) is 21.7. The van der Waals surface area contributed by atoms with E-state index in [0.29, 0.717) is 28.3 Å². The molecule has 0 radical (unpaired) electrons. The molecule has 4 rings (SSSR count). The highest BCUT2D eigenvalue weighted by molar-refractivity contribution is 6.53. The monoisotopic (exact) mass is 417 g/mol. The molecular formula is C20H24BNO8. The first-order valence-corrected chi connectivity index (χ1v) is 10.00. The van der Waals surface area contributed by atoms with Gasteiger partial charge in [-0.15, -0.1) is 0 Å². The maximum atomic E-state index is 13.1. The summed E-state index contributed by atoms with van der Waals surface area (Å²) in [6.45, 7) is 3.64. The number of likely N-dealkylation sites (tertiary alicyclic amines) is 1. The third-order valence-corrected chi connectivity index (χ3v) is 6.36. The van der Waals surface area contributed by atoms with E-state index in [-0.39, 0.29) is 18.9 Å². The zero-order valence-electron chi connectivity index (χ0n) is 17.0. The number of allylic oxidation sites excluding steroid dienone is 2. The molecule has 1 aromatic heterocycles. The molecule has 2 aliphatic heterocycles. The predicted octanol–water partition coefficient (Wildman–Crippen LogP) is 1.59. The fourth-order valence-electron chi connectivity index (χ4n) is 5.01. The van der Waals surface area contributed by atoms with Gasteiger partial charge in [-0.05, 0) is 42.3 Å². The van der Waals surface area contributed by atoms with E-state index in [4.69, 9.17) is 9.07 Å². The summed E-state index contributed by atoms with van der Waals surface area (Å²) in [5.41, 5.74) is 1.49. The molecule has 10 heteroatoms. The van der Waals surface area contributed by atoms with Crippen LogP contribution in [0.25, 0.3) is 0 Å². The van der Waals surface area contributed by atoms with E-state index in [0.717, 1.165) is 12.7 Å². The van der Waals surface area contributed by atoms with Crippen molar-refractivity contribution in [3.8, 4) is 0 Å². The lowest BCUT2D eigenvalue weighted by molar-refractivity contribution is -0.137. The topological polar surface area (TPSA) is 127 Å². The highest BCUT2D eigenvalue weighted by Gasteiger charge is 2.59. The Morgan fingerprint density at radius 2 is 2.03 bits per heavy atom. The number of fused-ring (bicyclic) bond motifs is 3. The summed E-state index contributed by atoms with van der Waals surface area (Å²) in [6.07, 6.45) is -1.06. The Hall–Kier alpha value is -2.43. The Morgan fingerprint density at radius 3 is 2.63 bits per heavy atom. The number of rotatable bonds is 3. The Balaban J connectivity index is 1.75. The minimum absolute atomic E-state index is 0.0259. The Kier molecular flexibility index (Phi) is 5.33. The number of nitrogens with zero attached hydrogens (tertiary/aromatic N) is 1. The number of amides is 3. The van der Waals surface area contributed by atoms with Crippen molar-refractivity contribution in [2.24, 2.45) is 23.7 Å². The SMILES string of the molecule is COC(=O)N1C(=O)[C@H]2[C@H](CC(C(C)C)=C3B(O)O[C@H](c4ccc(CO)o4)C[C@H]32)C1=O. The molecule has 160 valence electrons. The molecule has 0 spiro atoms. The van der Waals surface area contributed by atoms with Crippen LogP contribution < -0.4 is 0 Å². The van der Waals surface area contributed by atoms with Crippen LogP contribution in [0.1, 0.15) is 44.3 Å². The van der Waals surface area contributed by atoms with Crippen LogP contribution in [-0.4, -0.2) is 47.2 Å².